The molecule has 2 rings (SSSR count). The Bertz CT molecular complexity index is 574. The van der Waals surface area contributed by atoms with Crippen LogP contribution < -0.4 is 10.5 Å². The minimum absolute atomic E-state index is 0.169. The van der Waals surface area contributed by atoms with Gasteiger partial charge in [0, 0.05) is 30.5 Å². The summed E-state index contributed by atoms with van der Waals surface area (Å²) in [5.74, 6) is -0.912. The van der Waals surface area contributed by atoms with Crippen molar-refractivity contribution in [1.82, 2.24) is 9.55 Å². The minimum Gasteiger partial charge on any atom is -0.481 e. The Kier molecular flexibility index (Phi) is 3.58. The number of carboxylic acid groups (broad SMARTS) is 1. The number of aromatic nitrogens is 2. The predicted molar refractivity (Wildman–Crippen MR) is 76.0 cm³/mol. The van der Waals surface area contributed by atoms with E-state index in [-0.39, 0.29) is 17.1 Å². The van der Waals surface area contributed by atoms with Gasteiger partial charge in [-0.05, 0) is 34.1 Å². The summed E-state index contributed by atoms with van der Waals surface area (Å²) in [6.07, 6.45) is 3.81. The van der Waals surface area contributed by atoms with E-state index in [2.05, 4.69) is 4.98 Å². The van der Waals surface area contributed by atoms with Gasteiger partial charge in [0.1, 0.15) is 0 Å². The van der Waals surface area contributed by atoms with Gasteiger partial charge in [-0.25, -0.2) is 4.98 Å². The molecular formula is C14H21N3O3. The molecule has 0 radical (unpaired) electrons. The summed E-state index contributed by atoms with van der Waals surface area (Å²) in [5.41, 5.74) is -0.498. The van der Waals surface area contributed by atoms with E-state index in [0.29, 0.717) is 18.8 Å². The molecule has 1 aliphatic rings. The molecule has 1 N–H and O–H groups in total. The topological polar surface area (TPSA) is 75.4 Å². The fourth-order valence-electron chi connectivity index (χ4n) is 2.70. The average molecular weight is 279 g/mol. The summed E-state index contributed by atoms with van der Waals surface area (Å²) in [5, 5.41) is 9.17. The Hall–Kier alpha value is -1.85. The van der Waals surface area contributed by atoms with Gasteiger partial charge in [-0.15, -0.1) is 0 Å². The lowest BCUT2D eigenvalue weighted by atomic mass is 10.0. The number of aliphatic carboxylic acids is 1. The van der Waals surface area contributed by atoms with Crippen LogP contribution in [0.25, 0.3) is 0 Å². The zero-order chi connectivity index (χ0) is 15.1. The summed E-state index contributed by atoms with van der Waals surface area (Å²) in [6, 6.07) is -0.219. The van der Waals surface area contributed by atoms with Gasteiger partial charge in [-0.1, -0.05) is 0 Å². The molecular weight excluding hydrogens is 258 g/mol. The van der Waals surface area contributed by atoms with Crippen molar-refractivity contribution in [2.75, 3.05) is 11.4 Å². The molecule has 2 unspecified atom stereocenters. The van der Waals surface area contributed by atoms with Crippen LogP contribution in [0.15, 0.2) is 17.2 Å². The van der Waals surface area contributed by atoms with Gasteiger partial charge in [-0.2, -0.15) is 0 Å². The molecule has 0 saturated carbocycles. The normalized spacial score (nSPS) is 23.1. The van der Waals surface area contributed by atoms with Gasteiger partial charge in [0.05, 0.1) is 5.92 Å². The molecule has 0 amide bonds. The van der Waals surface area contributed by atoms with Crippen molar-refractivity contribution >= 4 is 11.8 Å². The Morgan fingerprint density at radius 2 is 2.10 bits per heavy atom. The van der Waals surface area contributed by atoms with Crippen LogP contribution >= 0.6 is 0 Å². The lowest BCUT2D eigenvalue weighted by Crippen LogP contribution is -2.41. The Morgan fingerprint density at radius 1 is 1.45 bits per heavy atom. The molecule has 0 aliphatic carbocycles. The van der Waals surface area contributed by atoms with Crippen molar-refractivity contribution in [2.45, 2.75) is 45.7 Å². The number of anilines is 1. The third kappa shape index (κ3) is 2.42. The Balaban J connectivity index is 2.41. The first-order valence-electron chi connectivity index (χ1n) is 6.81. The molecule has 0 bridgehead atoms. The first-order valence-corrected chi connectivity index (χ1v) is 6.81. The molecule has 2 heterocycles. The summed E-state index contributed by atoms with van der Waals surface area (Å²) in [4.78, 5) is 29.7. The average Bonchev–Trinajstić information content (AvgIpc) is 2.70. The smallest absolute Gasteiger partial charge is 0.308 e. The van der Waals surface area contributed by atoms with Crippen LogP contribution in [0.3, 0.4) is 0 Å². The lowest BCUT2D eigenvalue weighted by molar-refractivity contribution is -0.141. The van der Waals surface area contributed by atoms with Crippen LogP contribution in [0.5, 0.6) is 0 Å². The molecule has 1 fully saturated rings. The molecule has 6 heteroatoms. The number of rotatable bonds is 2. The van der Waals surface area contributed by atoms with Crippen LogP contribution in [0.2, 0.25) is 0 Å². The van der Waals surface area contributed by atoms with E-state index in [1.165, 1.54) is 0 Å². The van der Waals surface area contributed by atoms with Crippen LogP contribution in [0.1, 0.15) is 34.1 Å². The summed E-state index contributed by atoms with van der Waals surface area (Å²) in [6.45, 7) is 8.23. The quantitative estimate of drug-likeness (QED) is 0.883. The standard InChI is InChI=1S/C14H21N3O3/c1-9-10(13(19)20)5-7-16(9)11-12(18)17(8-6-15-11)14(2,3)4/h6,8-10H,5,7H2,1-4H3,(H,19,20). The van der Waals surface area contributed by atoms with Gasteiger partial charge in [0.15, 0.2) is 5.82 Å². The maximum Gasteiger partial charge on any atom is 0.308 e. The van der Waals surface area contributed by atoms with Crippen LogP contribution in [-0.4, -0.2) is 33.2 Å². The second kappa shape index (κ2) is 4.92. The van der Waals surface area contributed by atoms with Crippen molar-refractivity contribution in [3.8, 4) is 0 Å². The first kappa shape index (κ1) is 14.6. The molecule has 110 valence electrons. The third-order valence-corrected chi connectivity index (χ3v) is 3.89. The molecule has 20 heavy (non-hydrogen) atoms. The monoisotopic (exact) mass is 279 g/mol. The number of carbonyl (C=O) groups is 1. The van der Waals surface area contributed by atoms with Crippen molar-refractivity contribution < 1.29 is 9.90 Å². The number of hydrogen-bond donors (Lipinski definition) is 1. The highest BCUT2D eigenvalue weighted by Gasteiger charge is 2.37. The zero-order valence-electron chi connectivity index (χ0n) is 12.3. The molecule has 6 nitrogen and oxygen atoms in total. The van der Waals surface area contributed by atoms with Crippen molar-refractivity contribution in [2.24, 2.45) is 5.92 Å². The zero-order valence-corrected chi connectivity index (χ0v) is 12.3. The second-order valence-electron chi connectivity index (χ2n) is 6.26. The highest BCUT2D eigenvalue weighted by atomic mass is 16.4. The lowest BCUT2D eigenvalue weighted by Gasteiger charge is -2.27. The molecule has 1 saturated heterocycles. The SMILES string of the molecule is CC1C(C(=O)O)CCN1c1nccn(C(C)(C)C)c1=O. The molecule has 0 spiro atoms. The van der Waals surface area contributed by atoms with Crippen LogP contribution in [0, 0.1) is 5.92 Å². The fraction of sp³-hybridized carbons (Fsp3) is 0.643. The minimum atomic E-state index is -0.813. The highest BCUT2D eigenvalue weighted by molar-refractivity contribution is 5.72. The van der Waals surface area contributed by atoms with E-state index < -0.39 is 11.9 Å². The van der Waals surface area contributed by atoms with E-state index in [4.69, 9.17) is 0 Å². The first-order chi connectivity index (χ1) is 9.23. The summed E-state index contributed by atoms with van der Waals surface area (Å²) >= 11 is 0. The maximum absolute atomic E-state index is 12.5. The van der Waals surface area contributed by atoms with Gasteiger partial charge < -0.3 is 14.6 Å². The third-order valence-electron chi connectivity index (χ3n) is 3.89. The molecule has 0 aromatic carbocycles. The fourth-order valence-corrected chi connectivity index (χ4v) is 2.70. The Morgan fingerprint density at radius 3 is 2.60 bits per heavy atom. The number of hydrogen-bond acceptors (Lipinski definition) is 4. The van der Waals surface area contributed by atoms with Gasteiger partial charge in [-0.3, -0.25) is 9.59 Å². The van der Waals surface area contributed by atoms with E-state index in [0.717, 1.165) is 0 Å². The summed E-state index contributed by atoms with van der Waals surface area (Å²) in [7, 11) is 0. The molecule has 2 atom stereocenters. The van der Waals surface area contributed by atoms with Crippen LogP contribution in [0.4, 0.5) is 5.82 Å². The number of nitrogens with zero attached hydrogens (tertiary/aromatic N) is 3. The van der Waals surface area contributed by atoms with Gasteiger partial charge in [0.25, 0.3) is 5.56 Å². The predicted octanol–water partition coefficient (Wildman–Crippen LogP) is 1.30. The Labute approximate surface area is 118 Å². The van der Waals surface area contributed by atoms with E-state index >= 15 is 0 Å². The van der Waals surface area contributed by atoms with E-state index in [1.807, 2.05) is 32.6 Å². The van der Waals surface area contributed by atoms with Crippen LogP contribution in [-0.2, 0) is 10.3 Å². The molecule has 1 aromatic rings. The van der Waals surface area contributed by atoms with E-state index in [1.54, 1.807) is 17.0 Å². The summed E-state index contributed by atoms with van der Waals surface area (Å²) < 4.78 is 1.64. The largest absolute Gasteiger partial charge is 0.481 e. The van der Waals surface area contributed by atoms with Crippen molar-refractivity contribution in [1.29, 1.82) is 0 Å². The highest BCUT2D eigenvalue weighted by Crippen LogP contribution is 2.27. The number of carboxylic acids is 1. The van der Waals surface area contributed by atoms with E-state index in [9.17, 15) is 14.7 Å². The maximum atomic E-state index is 12.5. The van der Waals surface area contributed by atoms with Crippen molar-refractivity contribution in [3.63, 3.8) is 0 Å². The second-order valence-corrected chi connectivity index (χ2v) is 6.26. The van der Waals surface area contributed by atoms with Crippen molar-refractivity contribution in [3.05, 3.63) is 22.7 Å². The van der Waals surface area contributed by atoms with Gasteiger partial charge >= 0.3 is 5.97 Å². The van der Waals surface area contributed by atoms with Gasteiger partial charge in [0.2, 0.25) is 0 Å². The molecule has 1 aromatic heterocycles. The molecule has 1 aliphatic heterocycles.